The lowest BCUT2D eigenvalue weighted by molar-refractivity contribution is 0.0704. The zero-order chi connectivity index (χ0) is 4.57. The standard InChI is InChI=1S/C4H9NO.ClH/c1-3-4(6)2-5-3;/h3-6H,2H2,1H3;1H/t3-,4?;/m0./s1. The van der Waals surface area contributed by atoms with Crippen molar-refractivity contribution < 1.29 is 5.11 Å². The average Bonchev–Trinajstić information content (AvgIpc) is 1.61. The third kappa shape index (κ3) is 1.30. The quantitative estimate of drug-likeness (QED) is 0.466. The summed E-state index contributed by atoms with van der Waals surface area (Å²) in [5, 5.41) is 11.7. The molecule has 0 amide bonds. The summed E-state index contributed by atoms with van der Waals surface area (Å²) in [7, 11) is 0. The van der Waals surface area contributed by atoms with Crippen molar-refractivity contribution in [3.05, 3.63) is 0 Å². The molecule has 44 valence electrons. The van der Waals surface area contributed by atoms with Crippen LogP contribution in [0.1, 0.15) is 6.92 Å². The smallest absolute Gasteiger partial charge is 0.0814 e. The number of nitrogens with one attached hydrogen (secondary N) is 1. The normalized spacial score (nSPS) is 38.6. The highest BCUT2D eigenvalue weighted by Crippen LogP contribution is 1.99. The van der Waals surface area contributed by atoms with Crippen LogP contribution in [0.15, 0.2) is 0 Å². The van der Waals surface area contributed by atoms with Crippen LogP contribution in [0.3, 0.4) is 0 Å². The molecule has 1 heterocycles. The summed E-state index contributed by atoms with van der Waals surface area (Å²) in [6.45, 7) is 2.75. The van der Waals surface area contributed by atoms with Crippen LogP contribution in [-0.4, -0.2) is 23.8 Å². The molecule has 0 aromatic rings. The number of rotatable bonds is 0. The van der Waals surface area contributed by atoms with E-state index in [9.17, 15) is 0 Å². The van der Waals surface area contributed by atoms with E-state index in [0.717, 1.165) is 6.54 Å². The van der Waals surface area contributed by atoms with Crippen LogP contribution in [0.4, 0.5) is 0 Å². The maximum atomic E-state index is 8.65. The first-order valence-corrected chi connectivity index (χ1v) is 2.22. The molecular weight excluding hydrogens is 114 g/mol. The molecule has 1 aliphatic rings. The Hall–Kier alpha value is 0.210. The third-order valence-electron chi connectivity index (χ3n) is 1.23. The molecule has 1 saturated heterocycles. The highest BCUT2D eigenvalue weighted by atomic mass is 35.5. The van der Waals surface area contributed by atoms with E-state index in [1.54, 1.807) is 0 Å². The molecule has 0 aliphatic carbocycles. The number of halogens is 1. The fraction of sp³-hybridized carbons (Fsp3) is 1.00. The predicted octanol–water partition coefficient (Wildman–Crippen LogP) is -0.239. The minimum atomic E-state index is -0.0787. The van der Waals surface area contributed by atoms with Crippen LogP contribution in [0.25, 0.3) is 0 Å². The molecule has 1 fully saturated rings. The lowest BCUT2D eigenvalue weighted by atomic mass is 10.1. The van der Waals surface area contributed by atoms with Gasteiger partial charge < -0.3 is 10.4 Å². The van der Waals surface area contributed by atoms with Crippen molar-refractivity contribution in [1.82, 2.24) is 5.32 Å². The molecule has 7 heavy (non-hydrogen) atoms. The van der Waals surface area contributed by atoms with Gasteiger partial charge in [-0.1, -0.05) is 0 Å². The molecular formula is C4H10ClNO. The summed E-state index contributed by atoms with van der Waals surface area (Å²) in [6.07, 6.45) is -0.0787. The maximum Gasteiger partial charge on any atom is 0.0814 e. The summed E-state index contributed by atoms with van der Waals surface area (Å²) in [5.74, 6) is 0. The number of aliphatic hydroxyl groups is 1. The summed E-state index contributed by atoms with van der Waals surface area (Å²) in [5.41, 5.74) is 0. The average molecular weight is 124 g/mol. The zero-order valence-electron chi connectivity index (χ0n) is 4.22. The molecule has 0 radical (unpaired) electrons. The molecule has 0 saturated carbocycles. The van der Waals surface area contributed by atoms with Gasteiger partial charge in [0.05, 0.1) is 6.10 Å². The lowest BCUT2D eigenvalue weighted by Crippen LogP contribution is -2.55. The molecule has 3 heteroatoms. The summed E-state index contributed by atoms with van der Waals surface area (Å²) >= 11 is 0. The molecule has 1 rings (SSSR count). The number of hydrogen-bond donors (Lipinski definition) is 2. The fourth-order valence-electron chi connectivity index (χ4n) is 0.459. The maximum absolute atomic E-state index is 8.65. The fourth-order valence-corrected chi connectivity index (χ4v) is 0.459. The third-order valence-corrected chi connectivity index (χ3v) is 1.23. The van der Waals surface area contributed by atoms with E-state index in [4.69, 9.17) is 5.11 Å². The molecule has 0 aromatic carbocycles. The van der Waals surface area contributed by atoms with E-state index < -0.39 is 0 Å². The van der Waals surface area contributed by atoms with E-state index in [-0.39, 0.29) is 18.5 Å². The van der Waals surface area contributed by atoms with Gasteiger partial charge in [-0.3, -0.25) is 0 Å². The summed E-state index contributed by atoms with van der Waals surface area (Å²) in [6, 6.07) is 0.338. The first-order chi connectivity index (χ1) is 2.80. The van der Waals surface area contributed by atoms with E-state index in [0.29, 0.717) is 6.04 Å². The second-order valence-corrected chi connectivity index (χ2v) is 1.76. The number of aliphatic hydroxyl groups excluding tert-OH is 1. The van der Waals surface area contributed by atoms with Crippen molar-refractivity contribution in [3.63, 3.8) is 0 Å². The predicted molar refractivity (Wildman–Crippen MR) is 30.7 cm³/mol. The van der Waals surface area contributed by atoms with Crippen molar-refractivity contribution in [2.24, 2.45) is 0 Å². The Morgan fingerprint density at radius 1 is 1.71 bits per heavy atom. The van der Waals surface area contributed by atoms with Gasteiger partial charge in [-0.15, -0.1) is 12.4 Å². The Labute approximate surface area is 49.3 Å². The van der Waals surface area contributed by atoms with Gasteiger partial charge in [0.1, 0.15) is 0 Å². The van der Waals surface area contributed by atoms with Gasteiger partial charge in [0.2, 0.25) is 0 Å². The zero-order valence-corrected chi connectivity index (χ0v) is 5.03. The minimum absolute atomic E-state index is 0. The second-order valence-electron chi connectivity index (χ2n) is 1.76. The van der Waals surface area contributed by atoms with E-state index in [1.807, 2.05) is 6.92 Å². The van der Waals surface area contributed by atoms with Crippen molar-refractivity contribution >= 4 is 12.4 Å². The second kappa shape index (κ2) is 2.50. The van der Waals surface area contributed by atoms with Crippen molar-refractivity contribution in [1.29, 1.82) is 0 Å². The van der Waals surface area contributed by atoms with Crippen LogP contribution in [-0.2, 0) is 0 Å². The molecule has 2 nitrogen and oxygen atoms in total. The van der Waals surface area contributed by atoms with Gasteiger partial charge in [0, 0.05) is 12.6 Å². The molecule has 0 spiro atoms. The minimum Gasteiger partial charge on any atom is -0.390 e. The van der Waals surface area contributed by atoms with E-state index >= 15 is 0 Å². The van der Waals surface area contributed by atoms with Crippen molar-refractivity contribution in [3.8, 4) is 0 Å². The van der Waals surface area contributed by atoms with Crippen LogP contribution >= 0.6 is 12.4 Å². The summed E-state index contributed by atoms with van der Waals surface area (Å²) in [4.78, 5) is 0. The Bertz CT molecular complexity index is 51.7. The Morgan fingerprint density at radius 2 is 2.14 bits per heavy atom. The van der Waals surface area contributed by atoms with Crippen LogP contribution in [0.5, 0.6) is 0 Å². The monoisotopic (exact) mass is 123 g/mol. The van der Waals surface area contributed by atoms with Crippen LogP contribution in [0, 0.1) is 0 Å². The van der Waals surface area contributed by atoms with E-state index in [1.165, 1.54) is 0 Å². The lowest BCUT2D eigenvalue weighted by Gasteiger charge is -2.30. The SMILES string of the molecule is C[C@@H]1NCC1O.Cl. The van der Waals surface area contributed by atoms with E-state index in [2.05, 4.69) is 5.32 Å². The van der Waals surface area contributed by atoms with Gasteiger partial charge in [-0.2, -0.15) is 0 Å². The van der Waals surface area contributed by atoms with Gasteiger partial charge in [0.25, 0.3) is 0 Å². The van der Waals surface area contributed by atoms with Crippen LogP contribution < -0.4 is 5.32 Å². The summed E-state index contributed by atoms with van der Waals surface area (Å²) < 4.78 is 0. The number of hydrogen-bond acceptors (Lipinski definition) is 2. The highest BCUT2D eigenvalue weighted by Gasteiger charge is 2.21. The van der Waals surface area contributed by atoms with Gasteiger partial charge >= 0.3 is 0 Å². The first kappa shape index (κ1) is 7.21. The molecule has 1 aliphatic heterocycles. The van der Waals surface area contributed by atoms with Crippen molar-refractivity contribution in [2.75, 3.05) is 6.54 Å². The van der Waals surface area contributed by atoms with Crippen LogP contribution in [0.2, 0.25) is 0 Å². The van der Waals surface area contributed by atoms with Crippen molar-refractivity contribution in [2.45, 2.75) is 19.1 Å². The Morgan fingerprint density at radius 3 is 2.14 bits per heavy atom. The Balaban J connectivity index is 0.000000360. The molecule has 1 unspecified atom stereocenters. The highest BCUT2D eigenvalue weighted by molar-refractivity contribution is 5.85. The molecule has 0 aromatic heterocycles. The van der Waals surface area contributed by atoms with Gasteiger partial charge in [0.15, 0.2) is 0 Å². The first-order valence-electron chi connectivity index (χ1n) is 2.22. The van der Waals surface area contributed by atoms with Gasteiger partial charge in [-0.25, -0.2) is 0 Å². The topological polar surface area (TPSA) is 32.3 Å². The molecule has 2 atom stereocenters. The Kier molecular flexibility index (Phi) is 2.58. The molecule has 2 N–H and O–H groups in total. The van der Waals surface area contributed by atoms with Gasteiger partial charge in [-0.05, 0) is 6.92 Å². The molecule has 0 bridgehead atoms. The number of β-amino-alcohol motifs (C(OH)–C–C–N with tert-alkyl or cyclic N) is 1. The largest absolute Gasteiger partial charge is 0.390 e.